The highest BCUT2D eigenvalue weighted by Gasteiger charge is 2.14. The molecule has 20 heavy (non-hydrogen) atoms. The maximum atomic E-state index is 12.1. The van der Waals surface area contributed by atoms with Crippen molar-refractivity contribution in [2.45, 2.75) is 6.54 Å². The van der Waals surface area contributed by atoms with Gasteiger partial charge in [0.15, 0.2) is 0 Å². The molecule has 0 spiro atoms. The highest BCUT2D eigenvalue weighted by atomic mass is 16.4. The molecule has 2 rings (SSSR count). The first kappa shape index (κ1) is 13.7. The summed E-state index contributed by atoms with van der Waals surface area (Å²) in [6.07, 6.45) is 2.83. The molecule has 2 aromatic heterocycles. The van der Waals surface area contributed by atoms with E-state index in [2.05, 4.69) is 9.97 Å². The van der Waals surface area contributed by atoms with Crippen molar-refractivity contribution in [3.05, 3.63) is 59.7 Å². The van der Waals surface area contributed by atoms with Crippen LogP contribution >= 0.6 is 0 Å². The van der Waals surface area contributed by atoms with Crippen LogP contribution in [0.3, 0.4) is 0 Å². The van der Waals surface area contributed by atoms with Gasteiger partial charge in [-0.15, -0.1) is 0 Å². The molecule has 6 heteroatoms. The van der Waals surface area contributed by atoms with Crippen LogP contribution in [0.2, 0.25) is 0 Å². The number of hydrogen-bond acceptors (Lipinski definition) is 4. The van der Waals surface area contributed by atoms with Crippen LogP contribution in [-0.4, -0.2) is 38.9 Å². The van der Waals surface area contributed by atoms with E-state index in [4.69, 9.17) is 5.11 Å². The van der Waals surface area contributed by atoms with Crippen molar-refractivity contribution in [1.29, 1.82) is 0 Å². The van der Waals surface area contributed by atoms with Gasteiger partial charge in [0, 0.05) is 19.4 Å². The van der Waals surface area contributed by atoms with Gasteiger partial charge in [0.05, 0.1) is 17.8 Å². The number of carboxylic acid groups (broad SMARTS) is 1. The fraction of sp³-hybridized carbons (Fsp3) is 0.143. The van der Waals surface area contributed by atoms with Crippen LogP contribution in [0.15, 0.2) is 42.7 Å². The Morgan fingerprint density at radius 1 is 1.20 bits per heavy atom. The Kier molecular flexibility index (Phi) is 4.05. The predicted molar refractivity (Wildman–Crippen MR) is 71.2 cm³/mol. The van der Waals surface area contributed by atoms with Crippen LogP contribution in [0.1, 0.15) is 26.5 Å². The molecule has 0 aliphatic heterocycles. The van der Waals surface area contributed by atoms with Gasteiger partial charge in [-0.05, 0) is 24.3 Å². The first-order valence-electron chi connectivity index (χ1n) is 5.92. The van der Waals surface area contributed by atoms with E-state index in [1.54, 1.807) is 19.3 Å². The molecule has 0 fully saturated rings. The van der Waals surface area contributed by atoms with Crippen LogP contribution in [0.5, 0.6) is 0 Å². The average molecular weight is 271 g/mol. The lowest BCUT2D eigenvalue weighted by Crippen LogP contribution is -2.27. The number of amides is 1. The first-order chi connectivity index (χ1) is 9.58. The SMILES string of the molecule is CN(Cc1ccccn1)C(=O)c1ccc(C(=O)O)cn1. The zero-order valence-electron chi connectivity index (χ0n) is 10.9. The molecule has 0 radical (unpaired) electrons. The highest BCUT2D eigenvalue weighted by Crippen LogP contribution is 2.06. The van der Waals surface area contributed by atoms with Crippen molar-refractivity contribution >= 4 is 11.9 Å². The van der Waals surface area contributed by atoms with Crippen molar-refractivity contribution < 1.29 is 14.7 Å². The monoisotopic (exact) mass is 271 g/mol. The lowest BCUT2D eigenvalue weighted by Gasteiger charge is -2.16. The van der Waals surface area contributed by atoms with E-state index in [0.717, 1.165) is 5.69 Å². The second-order valence-electron chi connectivity index (χ2n) is 4.22. The van der Waals surface area contributed by atoms with E-state index < -0.39 is 5.97 Å². The minimum Gasteiger partial charge on any atom is -0.478 e. The Balaban J connectivity index is 2.08. The molecule has 1 N–H and O–H groups in total. The molecule has 0 aliphatic carbocycles. The number of hydrogen-bond donors (Lipinski definition) is 1. The number of rotatable bonds is 4. The molecule has 2 aromatic rings. The quantitative estimate of drug-likeness (QED) is 0.909. The van der Waals surface area contributed by atoms with Gasteiger partial charge in [-0.1, -0.05) is 6.07 Å². The molecule has 0 bridgehead atoms. The standard InChI is InChI=1S/C14H13N3O3/c1-17(9-11-4-2-3-7-15-11)13(18)12-6-5-10(8-16-12)14(19)20/h2-8H,9H2,1H3,(H,19,20). The summed E-state index contributed by atoms with van der Waals surface area (Å²) in [6, 6.07) is 8.24. The molecule has 6 nitrogen and oxygen atoms in total. The molecule has 0 saturated carbocycles. The van der Waals surface area contributed by atoms with Crippen molar-refractivity contribution in [3.63, 3.8) is 0 Å². The number of aromatic nitrogens is 2. The molecule has 0 saturated heterocycles. The average Bonchev–Trinajstić information content (AvgIpc) is 2.47. The number of aromatic carboxylic acids is 1. The number of pyridine rings is 2. The molecular weight excluding hydrogens is 258 g/mol. The third kappa shape index (κ3) is 3.17. The second kappa shape index (κ2) is 5.92. The number of carboxylic acids is 1. The molecule has 102 valence electrons. The smallest absolute Gasteiger partial charge is 0.337 e. The van der Waals surface area contributed by atoms with Gasteiger partial charge in [0.2, 0.25) is 0 Å². The summed E-state index contributed by atoms with van der Waals surface area (Å²) in [5.41, 5.74) is 1.02. The van der Waals surface area contributed by atoms with E-state index in [1.165, 1.54) is 23.2 Å². The van der Waals surface area contributed by atoms with E-state index in [0.29, 0.717) is 6.54 Å². The summed E-state index contributed by atoms with van der Waals surface area (Å²) < 4.78 is 0. The van der Waals surface area contributed by atoms with Crippen LogP contribution in [-0.2, 0) is 6.54 Å². The highest BCUT2D eigenvalue weighted by molar-refractivity contribution is 5.93. The zero-order valence-corrected chi connectivity index (χ0v) is 10.9. The summed E-state index contributed by atoms with van der Waals surface area (Å²) in [6.45, 7) is 0.363. The van der Waals surface area contributed by atoms with Gasteiger partial charge < -0.3 is 10.0 Å². The van der Waals surface area contributed by atoms with E-state index in [-0.39, 0.29) is 17.2 Å². The largest absolute Gasteiger partial charge is 0.478 e. The van der Waals surface area contributed by atoms with Crippen LogP contribution in [0.25, 0.3) is 0 Å². The van der Waals surface area contributed by atoms with E-state index in [1.807, 2.05) is 12.1 Å². The fourth-order valence-electron chi connectivity index (χ4n) is 1.65. The lowest BCUT2D eigenvalue weighted by atomic mass is 10.2. The normalized spacial score (nSPS) is 10.1. The van der Waals surface area contributed by atoms with E-state index in [9.17, 15) is 9.59 Å². The number of nitrogens with zero attached hydrogens (tertiary/aromatic N) is 3. The van der Waals surface area contributed by atoms with Crippen LogP contribution in [0, 0.1) is 0 Å². The summed E-state index contributed by atoms with van der Waals surface area (Å²) in [4.78, 5) is 32.3. The van der Waals surface area contributed by atoms with Gasteiger partial charge in [0.1, 0.15) is 5.69 Å². The Morgan fingerprint density at radius 2 is 2.00 bits per heavy atom. The molecular formula is C14H13N3O3. The van der Waals surface area contributed by atoms with Gasteiger partial charge in [-0.2, -0.15) is 0 Å². The molecule has 0 unspecified atom stereocenters. The molecule has 0 atom stereocenters. The number of carbonyl (C=O) groups excluding carboxylic acids is 1. The third-order valence-corrected chi connectivity index (χ3v) is 2.70. The van der Waals surface area contributed by atoms with E-state index >= 15 is 0 Å². The van der Waals surface area contributed by atoms with Crippen molar-refractivity contribution in [1.82, 2.24) is 14.9 Å². The van der Waals surface area contributed by atoms with Crippen molar-refractivity contribution in [3.8, 4) is 0 Å². The summed E-state index contributed by atoms with van der Waals surface area (Å²) >= 11 is 0. The molecule has 0 aromatic carbocycles. The zero-order chi connectivity index (χ0) is 14.5. The molecule has 0 aliphatic rings. The molecule has 2 heterocycles. The first-order valence-corrected chi connectivity index (χ1v) is 5.92. The van der Waals surface area contributed by atoms with Crippen LogP contribution in [0.4, 0.5) is 0 Å². The van der Waals surface area contributed by atoms with Gasteiger partial charge in [-0.25, -0.2) is 4.79 Å². The lowest BCUT2D eigenvalue weighted by molar-refractivity contribution is 0.0694. The minimum absolute atomic E-state index is 0.0499. The Morgan fingerprint density at radius 3 is 2.55 bits per heavy atom. The number of carbonyl (C=O) groups is 2. The Labute approximate surface area is 115 Å². The predicted octanol–water partition coefficient (Wildman–Crippen LogP) is 1.45. The maximum Gasteiger partial charge on any atom is 0.337 e. The second-order valence-corrected chi connectivity index (χ2v) is 4.22. The van der Waals surface area contributed by atoms with Gasteiger partial charge >= 0.3 is 5.97 Å². The molecule has 1 amide bonds. The van der Waals surface area contributed by atoms with Crippen LogP contribution < -0.4 is 0 Å². The third-order valence-electron chi connectivity index (χ3n) is 2.70. The van der Waals surface area contributed by atoms with Gasteiger partial charge in [0.25, 0.3) is 5.91 Å². The topological polar surface area (TPSA) is 83.4 Å². The summed E-state index contributed by atoms with van der Waals surface area (Å²) in [5, 5.41) is 8.77. The Hall–Kier alpha value is -2.76. The van der Waals surface area contributed by atoms with Gasteiger partial charge in [-0.3, -0.25) is 14.8 Å². The summed E-state index contributed by atoms with van der Waals surface area (Å²) in [7, 11) is 1.64. The van der Waals surface area contributed by atoms with Crippen molar-refractivity contribution in [2.24, 2.45) is 0 Å². The summed E-state index contributed by atoms with van der Waals surface area (Å²) in [5.74, 6) is -1.36. The van der Waals surface area contributed by atoms with Crippen molar-refractivity contribution in [2.75, 3.05) is 7.05 Å². The fourth-order valence-corrected chi connectivity index (χ4v) is 1.65. The maximum absolute atomic E-state index is 12.1. The Bertz CT molecular complexity index is 611. The minimum atomic E-state index is -1.07.